The smallest absolute Gasteiger partial charge is 0.305 e. The maximum atomic E-state index is 11.8. The molecular weight excluding hydrogens is 234 g/mol. The van der Waals surface area contributed by atoms with Crippen molar-refractivity contribution in [2.24, 2.45) is 0 Å². The molecule has 1 atom stereocenters. The SMILES string of the molecule is CN1CCC(N2CCNC(=O)C2CC(=O)O)CC1. The molecule has 2 rings (SSSR count). The molecule has 0 saturated carbocycles. The van der Waals surface area contributed by atoms with Crippen LogP contribution in [0.2, 0.25) is 0 Å². The molecule has 6 heteroatoms. The van der Waals surface area contributed by atoms with Crippen LogP contribution in [0.5, 0.6) is 0 Å². The van der Waals surface area contributed by atoms with Crippen LogP contribution in [-0.4, -0.2) is 72.1 Å². The van der Waals surface area contributed by atoms with Gasteiger partial charge in [-0.1, -0.05) is 0 Å². The average Bonchev–Trinajstić information content (AvgIpc) is 2.32. The number of likely N-dealkylation sites (tertiary alicyclic amines) is 1. The molecule has 2 N–H and O–H groups in total. The van der Waals surface area contributed by atoms with Crippen LogP contribution in [0.1, 0.15) is 19.3 Å². The minimum atomic E-state index is -0.907. The summed E-state index contributed by atoms with van der Waals surface area (Å²) in [4.78, 5) is 27.1. The summed E-state index contributed by atoms with van der Waals surface area (Å²) >= 11 is 0. The van der Waals surface area contributed by atoms with E-state index in [2.05, 4.69) is 22.2 Å². The van der Waals surface area contributed by atoms with Crippen LogP contribution < -0.4 is 5.32 Å². The number of rotatable bonds is 3. The van der Waals surface area contributed by atoms with Crippen LogP contribution >= 0.6 is 0 Å². The first-order valence-electron chi connectivity index (χ1n) is 6.51. The maximum Gasteiger partial charge on any atom is 0.305 e. The number of piperidine rings is 1. The van der Waals surface area contributed by atoms with Crippen molar-refractivity contribution in [3.63, 3.8) is 0 Å². The Morgan fingerprint density at radius 3 is 2.67 bits per heavy atom. The van der Waals surface area contributed by atoms with Crippen LogP contribution in [0.3, 0.4) is 0 Å². The molecule has 1 unspecified atom stereocenters. The minimum absolute atomic E-state index is 0.0990. The molecule has 0 spiro atoms. The van der Waals surface area contributed by atoms with E-state index in [1.54, 1.807) is 0 Å². The van der Waals surface area contributed by atoms with Gasteiger partial charge in [0.15, 0.2) is 0 Å². The predicted octanol–water partition coefficient (Wildman–Crippen LogP) is -0.644. The fourth-order valence-corrected chi connectivity index (χ4v) is 2.87. The van der Waals surface area contributed by atoms with E-state index in [1.807, 2.05) is 0 Å². The van der Waals surface area contributed by atoms with Gasteiger partial charge in [-0.25, -0.2) is 0 Å². The van der Waals surface area contributed by atoms with E-state index in [-0.39, 0.29) is 12.3 Å². The van der Waals surface area contributed by atoms with Gasteiger partial charge in [0.2, 0.25) is 5.91 Å². The third-order valence-electron chi connectivity index (χ3n) is 3.90. The number of carbonyl (C=O) groups excluding carboxylic acids is 1. The zero-order valence-electron chi connectivity index (χ0n) is 10.8. The molecule has 102 valence electrons. The topological polar surface area (TPSA) is 72.9 Å². The van der Waals surface area contributed by atoms with E-state index in [4.69, 9.17) is 5.11 Å². The van der Waals surface area contributed by atoms with Gasteiger partial charge in [-0.3, -0.25) is 14.5 Å². The standard InChI is InChI=1S/C12H21N3O3/c1-14-5-2-9(3-6-14)15-7-4-13-12(18)10(15)8-11(16)17/h9-10H,2-8H2,1H3,(H,13,18)(H,16,17). The van der Waals surface area contributed by atoms with Crippen molar-refractivity contribution in [2.45, 2.75) is 31.3 Å². The van der Waals surface area contributed by atoms with Crippen molar-refractivity contribution in [3.8, 4) is 0 Å². The zero-order chi connectivity index (χ0) is 13.1. The molecule has 2 fully saturated rings. The zero-order valence-corrected chi connectivity index (χ0v) is 10.8. The van der Waals surface area contributed by atoms with Crippen molar-refractivity contribution in [1.29, 1.82) is 0 Å². The fourth-order valence-electron chi connectivity index (χ4n) is 2.87. The van der Waals surface area contributed by atoms with Gasteiger partial charge in [0.25, 0.3) is 0 Å². The summed E-state index contributed by atoms with van der Waals surface area (Å²) in [6.45, 7) is 3.42. The van der Waals surface area contributed by atoms with Crippen molar-refractivity contribution in [2.75, 3.05) is 33.2 Å². The van der Waals surface area contributed by atoms with Crippen molar-refractivity contribution in [1.82, 2.24) is 15.1 Å². The van der Waals surface area contributed by atoms with Gasteiger partial charge in [0.05, 0.1) is 12.5 Å². The molecule has 18 heavy (non-hydrogen) atoms. The largest absolute Gasteiger partial charge is 0.481 e. The Labute approximate surface area is 107 Å². The second-order valence-electron chi connectivity index (χ2n) is 5.18. The first kappa shape index (κ1) is 13.3. The number of nitrogens with zero attached hydrogens (tertiary/aromatic N) is 2. The van der Waals surface area contributed by atoms with Crippen molar-refractivity contribution < 1.29 is 14.7 Å². The van der Waals surface area contributed by atoms with E-state index in [0.29, 0.717) is 12.6 Å². The van der Waals surface area contributed by atoms with E-state index in [0.717, 1.165) is 32.5 Å². The lowest BCUT2D eigenvalue weighted by atomic mass is 9.98. The molecule has 2 aliphatic rings. The molecule has 6 nitrogen and oxygen atoms in total. The second kappa shape index (κ2) is 5.67. The summed E-state index contributed by atoms with van der Waals surface area (Å²) in [7, 11) is 2.09. The van der Waals surface area contributed by atoms with E-state index < -0.39 is 12.0 Å². The minimum Gasteiger partial charge on any atom is -0.481 e. The van der Waals surface area contributed by atoms with Crippen LogP contribution in [0, 0.1) is 0 Å². The summed E-state index contributed by atoms with van der Waals surface area (Å²) in [5.74, 6) is -1.04. The highest BCUT2D eigenvalue weighted by Crippen LogP contribution is 2.21. The quantitative estimate of drug-likeness (QED) is 0.701. The number of piperazine rings is 1. The number of hydrogen-bond acceptors (Lipinski definition) is 4. The number of amides is 1. The van der Waals surface area contributed by atoms with Gasteiger partial charge in [0, 0.05) is 19.1 Å². The van der Waals surface area contributed by atoms with E-state index in [9.17, 15) is 9.59 Å². The lowest BCUT2D eigenvalue weighted by Crippen LogP contribution is -2.60. The molecule has 0 aromatic rings. The first-order valence-corrected chi connectivity index (χ1v) is 6.51. The van der Waals surface area contributed by atoms with Crippen LogP contribution in [0.25, 0.3) is 0 Å². The predicted molar refractivity (Wildman–Crippen MR) is 66.3 cm³/mol. The van der Waals surface area contributed by atoms with Crippen LogP contribution in [0.4, 0.5) is 0 Å². The van der Waals surface area contributed by atoms with Crippen molar-refractivity contribution in [3.05, 3.63) is 0 Å². The Kier molecular flexibility index (Phi) is 4.19. The Bertz CT molecular complexity index is 327. The Morgan fingerprint density at radius 1 is 1.39 bits per heavy atom. The van der Waals surface area contributed by atoms with E-state index in [1.165, 1.54) is 0 Å². The Morgan fingerprint density at radius 2 is 2.06 bits per heavy atom. The summed E-state index contributed by atoms with van der Waals surface area (Å²) in [6, 6.07) is -0.152. The second-order valence-corrected chi connectivity index (χ2v) is 5.18. The summed E-state index contributed by atoms with van der Waals surface area (Å²) in [5, 5.41) is 11.7. The van der Waals surface area contributed by atoms with E-state index >= 15 is 0 Å². The number of hydrogen-bond donors (Lipinski definition) is 2. The van der Waals surface area contributed by atoms with Crippen molar-refractivity contribution >= 4 is 11.9 Å². The van der Waals surface area contributed by atoms with Gasteiger partial charge < -0.3 is 15.3 Å². The number of carbonyl (C=O) groups is 2. The molecule has 0 aromatic carbocycles. The Balaban J connectivity index is 2.03. The summed E-state index contributed by atoms with van der Waals surface area (Å²) < 4.78 is 0. The third kappa shape index (κ3) is 3.00. The average molecular weight is 255 g/mol. The van der Waals surface area contributed by atoms with Gasteiger partial charge in [0.1, 0.15) is 0 Å². The number of aliphatic carboxylic acids is 1. The summed E-state index contributed by atoms with van der Waals surface area (Å²) in [5.41, 5.74) is 0. The Hall–Kier alpha value is -1.14. The normalized spacial score (nSPS) is 28.1. The third-order valence-corrected chi connectivity index (χ3v) is 3.90. The maximum absolute atomic E-state index is 11.8. The molecule has 2 aliphatic heterocycles. The molecule has 0 radical (unpaired) electrons. The number of carboxylic acids is 1. The van der Waals surface area contributed by atoms with Gasteiger partial charge in [-0.15, -0.1) is 0 Å². The molecule has 0 aliphatic carbocycles. The van der Waals surface area contributed by atoms with Crippen LogP contribution in [-0.2, 0) is 9.59 Å². The fraction of sp³-hybridized carbons (Fsp3) is 0.833. The highest BCUT2D eigenvalue weighted by Gasteiger charge is 2.36. The number of carboxylic acid groups (broad SMARTS) is 1. The first-order chi connectivity index (χ1) is 8.58. The highest BCUT2D eigenvalue weighted by atomic mass is 16.4. The summed E-state index contributed by atoms with van der Waals surface area (Å²) in [6.07, 6.45) is 1.93. The molecule has 0 aromatic heterocycles. The van der Waals surface area contributed by atoms with Gasteiger partial charge in [-0.05, 0) is 33.0 Å². The highest BCUT2D eigenvalue weighted by molar-refractivity contribution is 5.86. The molecule has 1 amide bonds. The van der Waals surface area contributed by atoms with Gasteiger partial charge in [-0.2, -0.15) is 0 Å². The molecule has 2 heterocycles. The molecule has 2 saturated heterocycles. The monoisotopic (exact) mass is 255 g/mol. The lowest BCUT2D eigenvalue weighted by Gasteiger charge is -2.43. The molecule has 0 bridgehead atoms. The van der Waals surface area contributed by atoms with Gasteiger partial charge >= 0.3 is 5.97 Å². The number of nitrogens with one attached hydrogen (secondary N) is 1. The van der Waals surface area contributed by atoms with Crippen LogP contribution in [0.15, 0.2) is 0 Å². The molecular formula is C12H21N3O3. The lowest BCUT2D eigenvalue weighted by molar-refractivity contribution is -0.144.